The van der Waals surface area contributed by atoms with Crippen LogP contribution in [0.2, 0.25) is 0 Å². The van der Waals surface area contributed by atoms with E-state index >= 15 is 0 Å². The molecule has 0 aromatic rings. The third-order valence-electron chi connectivity index (χ3n) is 1.65. The van der Waals surface area contributed by atoms with Crippen LogP contribution in [-0.2, 0) is 4.79 Å². The normalized spacial score (nSPS) is 21.5. The van der Waals surface area contributed by atoms with Gasteiger partial charge < -0.3 is 10.2 Å². The molecule has 1 aliphatic rings. The van der Waals surface area contributed by atoms with E-state index in [1.54, 1.807) is 0 Å². The molecule has 2 N–H and O–H groups in total. The van der Waals surface area contributed by atoms with E-state index < -0.39 is 6.23 Å². The number of hydrazone groups is 1. The molecule has 0 amide bonds. The Kier molecular flexibility index (Phi) is 3.02. The van der Waals surface area contributed by atoms with E-state index in [9.17, 15) is 9.90 Å². The highest BCUT2D eigenvalue weighted by atomic mass is 16.3. The molecule has 0 aromatic heterocycles. The average Bonchev–Trinajstić information content (AvgIpc) is 2.06. The summed E-state index contributed by atoms with van der Waals surface area (Å²) in [5.41, 5.74) is 0. The molecule has 1 aliphatic heterocycles. The number of carbonyl (C=O) groups excluding carboxylic acids is 1. The first-order valence-corrected chi connectivity index (χ1v) is 3.99. The highest BCUT2D eigenvalue weighted by Crippen LogP contribution is 2.06. The first-order valence-electron chi connectivity index (χ1n) is 3.99. The zero-order valence-electron chi connectivity index (χ0n) is 7.34. The van der Waals surface area contributed by atoms with E-state index in [-0.39, 0.29) is 11.7 Å². The summed E-state index contributed by atoms with van der Waals surface area (Å²) in [6.45, 7) is 1.78. The van der Waals surface area contributed by atoms with Crippen LogP contribution in [-0.4, -0.2) is 39.7 Å². The number of nitrogens with zero attached hydrogens (tertiary/aromatic N) is 2. The lowest BCUT2D eigenvalue weighted by atomic mass is 10.3. The van der Waals surface area contributed by atoms with Gasteiger partial charge >= 0.3 is 0 Å². The highest BCUT2D eigenvalue weighted by molar-refractivity contribution is 5.86. The number of aliphatic hydroxyl groups is 2. The second-order valence-corrected chi connectivity index (χ2v) is 2.85. The molecule has 0 saturated heterocycles. The smallest absolute Gasteiger partial charge is 0.228 e. The third kappa shape index (κ3) is 2.87. The molecule has 5 nitrogen and oxygen atoms in total. The van der Waals surface area contributed by atoms with Crippen molar-refractivity contribution >= 4 is 11.7 Å². The van der Waals surface area contributed by atoms with Crippen molar-refractivity contribution in [2.75, 3.05) is 6.54 Å². The SMILES string of the molecule is CC(=O)CCN1N=C(O)C=CC1O. The molecule has 72 valence electrons. The summed E-state index contributed by atoms with van der Waals surface area (Å²) >= 11 is 0. The highest BCUT2D eigenvalue weighted by Gasteiger charge is 2.15. The minimum atomic E-state index is -0.852. The predicted octanol–water partition coefficient (Wildman–Crippen LogP) is 0.0272. The number of Topliss-reactive ketones (excluding diaryl/α,β-unsaturated/α-hetero) is 1. The molecule has 1 unspecified atom stereocenters. The van der Waals surface area contributed by atoms with Crippen LogP contribution in [0.25, 0.3) is 0 Å². The molecule has 0 radical (unpaired) electrons. The molecule has 0 aromatic carbocycles. The summed E-state index contributed by atoms with van der Waals surface area (Å²) < 4.78 is 0. The fourth-order valence-electron chi connectivity index (χ4n) is 0.950. The second-order valence-electron chi connectivity index (χ2n) is 2.85. The predicted molar refractivity (Wildman–Crippen MR) is 47.2 cm³/mol. The fraction of sp³-hybridized carbons (Fsp3) is 0.500. The molecular weight excluding hydrogens is 172 g/mol. The fourth-order valence-corrected chi connectivity index (χ4v) is 0.950. The van der Waals surface area contributed by atoms with E-state index in [4.69, 9.17) is 5.11 Å². The van der Waals surface area contributed by atoms with Crippen LogP contribution >= 0.6 is 0 Å². The van der Waals surface area contributed by atoms with Crippen molar-refractivity contribution in [2.45, 2.75) is 19.6 Å². The molecule has 0 aliphatic carbocycles. The average molecular weight is 184 g/mol. The van der Waals surface area contributed by atoms with Crippen molar-refractivity contribution < 1.29 is 15.0 Å². The topological polar surface area (TPSA) is 73.1 Å². The van der Waals surface area contributed by atoms with Crippen LogP contribution < -0.4 is 0 Å². The summed E-state index contributed by atoms with van der Waals surface area (Å²) in [5.74, 6) is -0.134. The van der Waals surface area contributed by atoms with Gasteiger partial charge in [0.15, 0.2) is 6.23 Å². The summed E-state index contributed by atoms with van der Waals surface area (Å²) in [5, 5.41) is 23.2. The lowest BCUT2D eigenvalue weighted by molar-refractivity contribution is -0.117. The van der Waals surface area contributed by atoms with E-state index in [1.807, 2.05) is 0 Å². The maximum absolute atomic E-state index is 10.6. The van der Waals surface area contributed by atoms with Gasteiger partial charge in [-0.1, -0.05) is 0 Å². The van der Waals surface area contributed by atoms with Gasteiger partial charge in [-0.2, -0.15) is 0 Å². The van der Waals surface area contributed by atoms with Crippen molar-refractivity contribution in [2.24, 2.45) is 5.10 Å². The minimum Gasteiger partial charge on any atom is -0.492 e. The monoisotopic (exact) mass is 184 g/mol. The largest absolute Gasteiger partial charge is 0.492 e. The molecule has 0 bridgehead atoms. The minimum absolute atomic E-state index is 0.0245. The summed E-state index contributed by atoms with van der Waals surface area (Å²) in [4.78, 5) is 10.6. The summed E-state index contributed by atoms with van der Waals surface area (Å²) in [6, 6.07) is 0. The quantitative estimate of drug-likeness (QED) is 0.648. The van der Waals surface area contributed by atoms with Crippen molar-refractivity contribution in [3.05, 3.63) is 12.2 Å². The molecule has 0 spiro atoms. The Hall–Kier alpha value is -1.36. The van der Waals surface area contributed by atoms with Gasteiger partial charge in [0.2, 0.25) is 5.90 Å². The van der Waals surface area contributed by atoms with E-state index in [0.29, 0.717) is 13.0 Å². The van der Waals surface area contributed by atoms with Gasteiger partial charge in [-0.25, -0.2) is 0 Å². The zero-order chi connectivity index (χ0) is 9.84. The van der Waals surface area contributed by atoms with E-state index in [0.717, 1.165) is 0 Å². The molecule has 1 heterocycles. The molecule has 1 atom stereocenters. The zero-order valence-corrected chi connectivity index (χ0v) is 7.34. The molecule has 0 saturated carbocycles. The Morgan fingerprint density at radius 3 is 3.08 bits per heavy atom. The van der Waals surface area contributed by atoms with Crippen LogP contribution in [0.4, 0.5) is 0 Å². The van der Waals surface area contributed by atoms with E-state index in [2.05, 4.69) is 5.10 Å². The molecule has 1 rings (SSSR count). The van der Waals surface area contributed by atoms with Gasteiger partial charge in [-0.05, 0) is 13.0 Å². The van der Waals surface area contributed by atoms with Gasteiger partial charge in [0.25, 0.3) is 0 Å². The molecule has 0 fully saturated rings. The number of rotatable bonds is 3. The van der Waals surface area contributed by atoms with Gasteiger partial charge in [0.05, 0.1) is 0 Å². The van der Waals surface area contributed by atoms with Gasteiger partial charge in [-0.15, -0.1) is 5.10 Å². The second kappa shape index (κ2) is 4.04. The number of ketones is 1. The number of aliphatic hydroxyl groups excluding tert-OH is 2. The van der Waals surface area contributed by atoms with Crippen molar-refractivity contribution in [1.29, 1.82) is 0 Å². The molecular formula is C8H12N2O3. The van der Waals surface area contributed by atoms with Crippen LogP contribution in [0.3, 0.4) is 0 Å². The van der Waals surface area contributed by atoms with Crippen LogP contribution in [0, 0.1) is 0 Å². The summed E-state index contributed by atoms with van der Waals surface area (Å²) in [7, 11) is 0. The first kappa shape index (κ1) is 9.73. The Bertz CT molecular complexity index is 260. The molecule has 5 heteroatoms. The lowest BCUT2D eigenvalue weighted by Crippen LogP contribution is -2.34. The van der Waals surface area contributed by atoms with Crippen molar-refractivity contribution in [3.8, 4) is 0 Å². The Morgan fingerprint density at radius 1 is 1.77 bits per heavy atom. The van der Waals surface area contributed by atoms with E-state index in [1.165, 1.54) is 24.1 Å². The van der Waals surface area contributed by atoms with Crippen molar-refractivity contribution in [1.82, 2.24) is 5.01 Å². The standard InChI is InChI=1S/C8H12N2O3/c1-6(11)4-5-10-8(13)3-2-7(12)9-10/h2-3,8,13H,4-5H2,1H3,(H,9,12). The first-order chi connectivity index (χ1) is 6.09. The van der Waals surface area contributed by atoms with Gasteiger partial charge in [-0.3, -0.25) is 9.80 Å². The molecule has 13 heavy (non-hydrogen) atoms. The number of hydrogen-bond donors (Lipinski definition) is 2. The number of carbonyl (C=O) groups is 1. The van der Waals surface area contributed by atoms with Crippen LogP contribution in [0.15, 0.2) is 17.3 Å². The van der Waals surface area contributed by atoms with Crippen LogP contribution in [0.1, 0.15) is 13.3 Å². The summed E-state index contributed by atoms with van der Waals surface area (Å²) in [6.07, 6.45) is 2.18. The lowest BCUT2D eigenvalue weighted by Gasteiger charge is -2.24. The van der Waals surface area contributed by atoms with Gasteiger partial charge in [0.1, 0.15) is 5.78 Å². The maximum Gasteiger partial charge on any atom is 0.228 e. The van der Waals surface area contributed by atoms with Crippen LogP contribution in [0.5, 0.6) is 0 Å². The van der Waals surface area contributed by atoms with Crippen molar-refractivity contribution in [3.63, 3.8) is 0 Å². The number of hydrogen-bond acceptors (Lipinski definition) is 4. The Balaban J connectivity index is 2.49. The Labute approximate surface area is 76.0 Å². The van der Waals surface area contributed by atoms with Gasteiger partial charge in [0, 0.05) is 19.0 Å². The third-order valence-corrected chi connectivity index (χ3v) is 1.65. The Morgan fingerprint density at radius 2 is 2.46 bits per heavy atom. The maximum atomic E-state index is 10.6.